The number of nitrogens with one attached hydrogen (secondary N) is 1. The third-order valence-electron chi connectivity index (χ3n) is 5.11. The molecule has 1 aliphatic heterocycles. The van der Waals surface area contributed by atoms with Crippen LogP contribution in [0.4, 0.5) is 0 Å². The Morgan fingerprint density at radius 1 is 1.23 bits per heavy atom. The Hall–Kier alpha value is -1.36. The third-order valence-corrected chi connectivity index (χ3v) is 5.11. The van der Waals surface area contributed by atoms with Crippen LogP contribution < -0.4 is 5.32 Å². The van der Waals surface area contributed by atoms with Crippen LogP contribution in [-0.4, -0.2) is 45.3 Å². The minimum Gasteiger partial charge on any atom is -0.339 e. The molecule has 1 aliphatic carbocycles. The molecule has 0 unspecified atom stereocenters. The van der Waals surface area contributed by atoms with Gasteiger partial charge in [-0.1, -0.05) is 12.8 Å². The smallest absolute Gasteiger partial charge is 0.239 e. The lowest BCUT2D eigenvalue weighted by molar-refractivity contribution is -0.138. The molecule has 2 fully saturated rings. The van der Waals surface area contributed by atoms with Crippen LogP contribution in [0.15, 0.2) is 18.5 Å². The summed E-state index contributed by atoms with van der Waals surface area (Å²) in [4.78, 5) is 14.7. The normalized spacial score (nSPS) is 30.0. The number of carbonyl (C=O) groups excluding carboxylic acids is 1. The molecular weight excluding hydrogens is 276 g/mol. The number of piperidine rings is 1. The molecule has 1 saturated carbocycles. The summed E-state index contributed by atoms with van der Waals surface area (Å²) in [5, 5.41) is 8.11. The van der Waals surface area contributed by atoms with Crippen LogP contribution in [0.2, 0.25) is 0 Å². The van der Waals surface area contributed by atoms with Crippen LogP contribution in [0.3, 0.4) is 0 Å². The van der Waals surface area contributed by atoms with Crippen molar-refractivity contribution >= 4 is 5.91 Å². The molecule has 0 radical (unpaired) electrons. The monoisotopic (exact) mass is 304 g/mol. The highest BCUT2D eigenvalue weighted by Crippen LogP contribution is 2.29. The van der Waals surface area contributed by atoms with Crippen molar-refractivity contribution in [2.24, 2.45) is 0 Å². The summed E-state index contributed by atoms with van der Waals surface area (Å²) >= 11 is 0. The van der Waals surface area contributed by atoms with Crippen molar-refractivity contribution in [2.75, 3.05) is 6.54 Å². The number of nitrogens with zero attached hydrogens (tertiary/aromatic N) is 3. The number of likely N-dealkylation sites (tertiary alicyclic amines) is 1. The van der Waals surface area contributed by atoms with Crippen LogP contribution in [0, 0.1) is 0 Å². The SMILES string of the molecule is CC(C)N1CCC[C@H](N[C@H]2CCCC[C@H]2n2cccn2)C1=O. The van der Waals surface area contributed by atoms with Gasteiger partial charge < -0.3 is 10.2 Å². The lowest BCUT2D eigenvalue weighted by atomic mass is 9.89. The third kappa shape index (κ3) is 3.19. The lowest BCUT2D eigenvalue weighted by Gasteiger charge is -2.40. The average molecular weight is 304 g/mol. The first-order valence-corrected chi connectivity index (χ1v) is 8.72. The average Bonchev–Trinajstić information content (AvgIpc) is 3.04. The fraction of sp³-hybridized carbons (Fsp3) is 0.765. The number of rotatable bonds is 4. The van der Waals surface area contributed by atoms with Crippen molar-refractivity contribution in [3.63, 3.8) is 0 Å². The van der Waals surface area contributed by atoms with Gasteiger partial charge in [0.25, 0.3) is 0 Å². The van der Waals surface area contributed by atoms with E-state index in [9.17, 15) is 4.79 Å². The minimum absolute atomic E-state index is 0.0164. The summed E-state index contributed by atoms with van der Waals surface area (Å²) < 4.78 is 2.07. The molecule has 22 heavy (non-hydrogen) atoms. The Labute approximate surface area is 133 Å². The zero-order valence-electron chi connectivity index (χ0n) is 13.7. The summed E-state index contributed by atoms with van der Waals surface area (Å²) in [5.74, 6) is 0.283. The molecule has 122 valence electrons. The molecular formula is C17H28N4O. The van der Waals surface area contributed by atoms with E-state index in [1.165, 1.54) is 12.8 Å². The molecule has 2 heterocycles. The Balaban J connectivity index is 1.69. The van der Waals surface area contributed by atoms with Crippen molar-refractivity contribution in [1.29, 1.82) is 0 Å². The van der Waals surface area contributed by atoms with Gasteiger partial charge in [0.05, 0.1) is 12.1 Å². The number of hydrogen-bond acceptors (Lipinski definition) is 3. The number of hydrogen-bond donors (Lipinski definition) is 1. The molecule has 2 aliphatic rings. The maximum atomic E-state index is 12.7. The van der Waals surface area contributed by atoms with Crippen molar-refractivity contribution in [3.8, 4) is 0 Å². The van der Waals surface area contributed by atoms with Crippen molar-refractivity contribution in [3.05, 3.63) is 18.5 Å². The molecule has 1 aromatic heterocycles. The zero-order chi connectivity index (χ0) is 15.5. The minimum atomic E-state index is -0.0164. The van der Waals surface area contributed by atoms with Gasteiger partial charge in [0.1, 0.15) is 0 Å². The second kappa shape index (κ2) is 6.82. The van der Waals surface area contributed by atoms with Crippen LogP contribution in [-0.2, 0) is 4.79 Å². The van der Waals surface area contributed by atoms with Gasteiger partial charge in [0, 0.05) is 31.0 Å². The summed E-state index contributed by atoms with van der Waals surface area (Å²) in [6.07, 6.45) is 10.7. The molecule has 1 saturated heterocycles. The first kappa shape index (κ1) is 15.5. The summed E-state index contributed by atoms with van der Waals surface area (Å²) in [7, 11) is 0. The first-order valence-electron chi connectivity index (χ1n) is 8.72. The Morgan fingerprint density at radius 2 is 2.05 bits per heavy atom. The first-order chi connectivity index (χ1) is 10.7. The second-order valence-electron chi connectivity index (χ2n) is 6.93. The molecule has 1 aromatic rings. The van der Waals surface area contributed by atoms with Crippen LogP contribution in [0.25, 0.3) is 0 Å². The zero-order valence-corrected chi connectivity index (χ0v) is 13.7. The summed E-state index contributed by atoms with van der Waals surface area (Å²) in [5.41, 5.74) is 0. The lowest BCUT2D eigenvalue weighted by Crippen LogP contribution is -2.56. The Bertz CT molecular complexity index is 485. The van der Waals surface area contributed by atoms with Gasteiger partial charge >= 0.3 is 0 Å². The summed E-state index contributed by atoms with van der Waals surface area (Å²) in [6, 6.07) is 3.00. The molecule has 0 aromatic carbocycles. The fourth-order valence-electron chi connectivity index (χ4n) is 3.92. The van der Waals surface area contributed by atoms with Crippen molar-refractivity contribution in [1.82, 2.24) is 20.0 Å². The Kier molecular flexibility index (Phi) is 4.81. The van der Waals surface area contributed by atoms with Crippen molar-refractivity contribution in [2.45, 2.75) is 76.5 Å². The number of aromatic nitrogens is 2. The molecule has 0 spiro atoms. The van der Waals surface area contributed by atoms with E-state index in [0.29, 0.717) is 18.1 Å². The molecule has 1 N–H and O–H groups in total. The van der Waals surface area contributed by atoms with E-state index in [-0.39, 0.29) is 11.9 Å². The predicted octanol–water partition coefficient (Wildman–Crippen LogP) is 2.36. The molecule has 5 heteroatoms. The van der Waals surface area contributed by atoms with Crippen LogP contribution in [0.1, 0.15) is 58.4 Å². The fourth-order valence-corrected chi connectivity index (χ4v) is 3.92. The molecule has 5 nitrogen and oxygen atoms in total. The van der Waals surface area contributed by atoms with Gasteiger partial charge in [-0.25, -0.2) is 0 Å². The molecule has 3 atom stereocenters. The van der Waals surface area contributed by atoms with Crippen LogP contribution in [0.5, 0.6) is 0 Å². The van der Waals surface area contributed by atoms with E-state index >= 15 is 0 Å². The molecule has 0 bridgehead atoms. The highest BCUT2D eigenvalue weighted by molar-refractivity contribution is 5.82. The number of amides is 1. The highest BCUT2D eigenvalue weighted by atomic mass is 16.2. The number of carbonyl (C=O) groups is 1. The van der Waals surface area contributed by atoms with E-state index < -0.39 is 0 Å². The van der Waals surface area contributed by atoms with Gasteiger partial charge in [-0.05, 0) is 45.6 Å². The van der Waals surface area contributed by atoms with Gasteiger partial charge in [-0.2, -0.15) is 5.10 Å². The Morgan fingerprint density at radius 3 is 2.77 bits per heavy atom. The van der Waals surface area contributed by atoms with Gasteiger partial charge in [0.2, 0.25) is 5.91 Å². The van der Waals surface area contributed by atoms with Gasteiger partial charge in [-0.3, -0.25) is 9.48 Å². The van der Waals surface area contributed by atoms with Crippen molar-refractivity contribution < 1.29 is 4.79 Å². The molecule has 3 rings (SSSR count). The van der Waals surface area contributed by atoms with E-state index in [1.807, 2.05) is 23.4 Å². The van der Waals surface area contributed by atoms with E-state index in [4.69, 9.17) is 0 Å². The maximum absolute atomic E-state index is 12.7. The summed E-state index contributed by atoms with van der Waals surface area (Å²) in [6.45, 7) is 5.11. The van der Waals surface area contributed by atoms with Crippen LogP contribution >= 0.6 is 0 Å². The quantitative estimate of drug-likeness (QED) is 0.929. The van der Waals surface area contributed by atoms with E-state index in [1.54, 1.807) is 0 Å². The predicted molar refractivity (Wildman–Crippen MR) is 86.5 cm³/mol. The van der Waals surface area contributed by atoms with Gasteiger partial charge in [-0.15, -0.1) is 0 Å². The standard InChI is InChI=1S/C17H28N4O/c1-13(2)20-11-5-8-15(17(20)22)19-14-7-3-4-9-16(14)21-12-6-10-18-21/h6,10,12-16,19H,3-5,7-9,11H2,1-2H3/t14-,15-,16+/m0/s1. The van der Waals surface area contributed by atoms with Gasteiger partial charge in [0.15, 0.2) is 0 Å². The largest absolute Gasteiger partial charge is 0.339 e. The highest BCUT2D eigenvalue weighted by Gasteiger charge is 2.35. The topological polar surface area (TPSA) is 50.2 Å². The van der Waals surface area contributed by atoms with E-state index in [2.05, 4.69) is 28.9 Å². The maximum Gasteiger partial charge on any atom is 0.239 e. The molecule has 1 amide bonds. The van der Waals surface area contributed by atoms with E-state index in [0.717, 1.165) is 32.2 Å². The second-order valence-corrected chi connectivity index (χ2v) is 6.93.